The Kier molecular flexibility index (Phi) is 9.62. The Hall–Kier alpha value is -4.25. The van der Waals surface area contributed by atoms with E-state index in [0.29, 0.717) is 21.9 Å². The van der Waals surface area contributed by atoms with E-state index in [2.05, 4.69) is 15.4 Å². The summed E-state index contributed by atoms with van der Waals surface area (Å²) in [5, 5.41) is 6.69. The number of ether oxygens (including phenoxy) is 1. The minimum atomic E-state index is -3.98. The van der Waals surface area contributed by atoms with E-state index in [1.165, 1.54) is 7.11 Å². The Balaban J connectivity index is 1.48. The fourth-order valence-electron chi connectivity index (χ4n) is 4.89. The lowest BCUT2D eigenvalue weighted by atomic mass is 10.0. The Bertz CT molecular complexity index is 1700. The second kappa shape index (κ2) is 13.2. The van der Waals surface area contributed by atoms with Crippen LogP contribution < -0.4 is 21.1 Å². The number of nitrogens with one attached hydrogen (secondary N) is 3. The molecule has 10 heteroatoms. The van der Waals surface area contributed by atoms with Crippen LogP contribution in [0.1, 0.15) is 22.3 Å². The molecule has 0 aliphatic heterocycles. The molecule has 0 aromatic heterocycles. The van der Waals surface area contributed by atoms with E-state index in [1.807, 2.05) is 73.7 Å². The van der Waals surface area contributed by atoms with Gasteiger partial charge in [0.1, 0.15) is 6.04 Å². The van der Waals surface area contributed by atoms with Crippen LogP contribution in [0.25, 0.3) is 11.1 Å². The van der Waals surface area contributed by atoms with Crippen molar-refractivity contribution in [1.82, 2.24) is 4.72 Å². The number of thiocarbonyl (C=S) groups is 1. The van der Waals surface area contributed by atoms with Crippen LogP contribution in [0.5, 0.6) is 0 Å². The van der Waals surface area contributed by atoms with Crippen molar-refractivity contribution < 1.29 is 17.9 Å². The smallest absolute Gasteiger partial charge is 0.324 e. The number of hydrogen-bond acceptors (Lipinski definition) is 6. The molecule has 0 fully saturated rings. The summed E-state index contributed by atoms with van der Waals surface area (Å²) in [5.74, 6) is -0.661. The van der Waals surface area contributed by atoms with Gasteiger partial charge in [-0.15, -0.1) is 0 Å². The van der Waals surface area contributed by atoms with Crippen molar-refractivity contribution in [3.8, 4) is 11.1 Å². The number of rotatable bonds is 9. The third-order valence-corrected chi connectivity index (χ3v) is 8.69. The summed E-state index contributed by atoms with van der Waals surface area (Å²) in [7, 11) is -2.74. The van der Waals surface area contributed by atoms with Crippen molar-refractivity contribution in [3.63, 3.8) is 0 Å². The van der Waals surface area contributed by atoms with Crippen LogP contribution in [0, 0.1) is 20.8 Å². The molecule has 4 aromatic carbocycles. The van der Waals surface area contributed by atoms with Crippen LogP contribution in [0.3, 0.4) is 0 Å². The lowest BCUT2D eigenvalue weighted by Gasteiger charge is -2.19. The van der Waals surface area contributed by atoms with Gasteiger partial charge in [-0.05, 0) is 91.5 Å². The van der Waals surface area contributed by atoms with Crippen molar-refractivity contribution in [3.05, 3.63) is 107 Å². The predicted octanol–water partition coefficient (Wildman–Crippen LogP) is 5.73. The molecular formula is C32H34N4O4S2. The summed E-state index contributed by atoms with van der Waals surface area (Å²) in [6, 6.07) is 25.2. The molecule has 0 aliphatic rings. The first-order chi connectivity index (χ1) is 20.0. The molecule has 1 atom stereocenters. The highest BCUT2D eigenvalue weighted by Gasteiger charge is 2.29. The summed E-state index contributed by atoms with van der Waals surface area (Å²) in [5.41, 5.74) is 13.0. The number of benzene rings is 4. The average molecular weight is 603 g/mol. The van der Waals surface area contributed by atoms with Crippen molar-refractivity contribution in [2.24, 2.45) is 0 Å². The van der Waals surface area contributed by atoms with E-state index >= 15 is 0 Å². The number of carbonyl (C=O) groups excluding carboxylic acids is 1. The second-order valence-electron chi connectivity index (χ2n) is 10.1. The van der Waals surface area contributed by atoms with Crippen molar-refractivity contribution >= 4 is 50.4 Å². The van der Waals surface area contributed by atoms with Crippen LogP contribution in [0.2, 0.25) is 0 Å². The molecule has 0 saturated carbocycles. The van der Waals surface area contributed by atoms with Gasteiger partial charge in [0.15, 0.2) is 5.11 Å². The number of sulfonamides is 1. The third-order valence-electron chi connectivity index (χ3n) is 6.71. The van der Waals surface area contributed by atoms with Crippen molar-refractivity contribution in [2.45, 2.75) is 38.1 Å². The van der Waals surface area contributed by atoms with Crippen LogP contribution in [0.4, 0.5) is 17.1 Å². The van der Waals surface area contributed by atoms with Gasteiger partial charge in [0.2, 0.25) is 10.0 Å². The summed E-state index contributed by atoms with van der Waals surface area (Å²) >= 11 is 5.45. The maximum absolute atomic E-state index is 13.3. The molecular weight excluding hydrogens is 569 g/mol. The SMILES string of the molecule is COC(=O)[C@H](Cc1ccc(-c2cccc(NC(=S)Nc3ccccc3N)c2)cc1)NS(=O)(=O)c1c(C)cc(C)cc1C. The molecule has 218 valence electrons. The van der Waals surface area contributed by atoms with E-state index in [9.17, 15) is 13.2 Å². The number of aryl methyl sites for hydroxylation is 3. The summed E-state index contributed by atoms with van der Waals surface area (Å²) < 4.78 is 34.2. The standard InChI is InChI=1S/C32H34N4O4S2/c1-20-16-21(2)30(22(3)17-20)42(38,39)36-29(31(37)40-4)18-23-12-14-24(15-13-23)25-8-7-9-26(19-25)34-32(41)35-28-11-6-5-10-27(28)33/h5-17,19,29,36H,18,33H2,1-4H3,(H2,34,35,41)/t29-/m0/s1. The largest absolute Gasteiger partial charge is 0.468 e. The van der Waals surface area contributed by atoms with Crippen LogP contribution >= 0.6 is 12.2 Å². The second-order valence-corrected chi connectivity index (χ2v) is 12.1. The molecule has 4 aromatic rings. The number of para-hydroxylation sites is 2. The number of carbonyl (C=O) groups is 1. The molecule has 5 N–H and O–H groups in total. The first kappa shape index (κ1) is 30.7. The number of methoxy groups -OCH3 is 1. The number of nitrogens with two attached hydrogens (primary N) is 1. The van der Waals surface area contributed by atoms with E-state index in [1.54, 1.807) is 32.0 Å². The molecule has 0 bridgehead atoms. The molecule has 0 heterocycles. The first-order valence-corrected chi connectivity index (χ1v) is 15.2. The van der Waals surface area contributed by atoms with Gasteiger partial charge in [0.25, 0.3) is 0 Å². The molecule has 0 radical (unpaired) electrons. The predicted molar refractivity (Wildman–Crippen MR) is 173 cm³/mol. The Morgan fingerprint density at radius 1 is 0.881 bits per heavy atom. The van der Waals surface area contributed by atoms with Crippen LogP contribution in [-0.2, 0) is 26.0 Å². The maximum atomic E-state index is 13.3. The Morgan fingerprint density at radius 2 is 1.55 bits per heavy atom. The molecule has 0 aliphatic carbocycles. The van der Waals surface area contributed by atoms with Crippen molar-refractivity contribution in [2.75, 3.05) is 23.5 Å². The average Bonchev–Trinajstić information content (AvgIpc) is 2.93. The van der Waals surface area contributed by atoms with Crippen LogP contribution in [-0.4, -0.2) is 32.7 Å². The normalized spacial score (nSPS) is 11.9. The Labute approximate surface area is 252 Å². The van der Waals surface area contributed by atoms with Gasteiger partial charge in [-0.2, -0.15) is 4.72 Å². The van der Waals surface area contributed by atoms with Crippen LogP contribution in [0.15, 0.2) is 89.8 Å². The summed E-state index contributed by atoms with van der Waals surface area (Å²) in [6.07, 6.45) is 0.125. The number of anilines is 3. The first-order valence-electron chi connectivity index (χ1n) is 13.3. The highest BCUT2D eigenvalue weighted by molar-refractivity contribution is 7.89. The van der Waals surface area contributed by atoms with Gasteiger partial charge in [-0.25, -0.2) is 8.42 Å². The molecule has 0 spiro atoms. The fourth-order valence-corrected chi connectivity index (χ4v) is 6.76. The zero-order valence-electron chi connectivity index (χ0n) is 23.9. The van der Waals surface area contributed by atoms with Gasteiger partial charge < -0.3 is 21.1 Å². The highest BCUT2D eigenvalue weighted by Crippen LogP contribution is 2.25. The van der Waals surface area contributed by atoms with Gasteiger partial charge in [0, 0.05) is 5.69 Å². The minimum Gasteiger partial charge on any atom is -0.468 e. The molecule has 4 rings (SSSR count). The number of hydrogen-bond donors (Lipinski definition) is 4. The van der Waals surface area contributed by atoms with Gasteiger partial charge >= 0.3 is 5.97 Å². The van der Waals surface area contributed by atoms with Gasteiger partial charge in [0.05, 0.1) is 23.4 Å². The maximum Gasteiger partial charge on any atom is 0.324 e. The van der Waals surface area contributed by atoms with E-state index < -0.39 is 22.0 Å². The zero-order chi connectivity index (χ0) is 30.4. The van der Waals surface area contributed by atoms with E-state index in [-0.39, 0.29) is 11.3 Å². The lowest BCUT2D eigenvalue weighted by Crippen LogP contribution is -2.43. The van der Waals surface area contributed by atoms with Gasteiger partial charge in [-0.3, -0.25) is 4.79 Å². The monoisotopic (exact) mass is 602 g/mol. The highest BCUT2D eigenvalue weighted by atomic mass is 32.2. The Morgan fingerprint density at radius 3 is 2.19 bits per heavy atom. The van der Waals surface area contributed by atoms with Gasteiger partial charge in [-0.1, -0.05) is 66.2 Å². The number of nitrogen functional groups attached to an aromatic ring is 1. The zero-order valence-corrected chi connectivity index (χ0v) is 25.5. The quantitative estimate of drug-likeness (QED) is 0.109. The van der Waals surface area contributed by atoms with E-state index in [0.717, 1.165) is 33.6 Å². The van der Waals surface area contributed by atoms with E-state index in [4.69, 9.17) is 22.7 Å². The lowest BCUT2D eigenvalue weighted by molar-refractivity contribution is -0.142. The third kappa shape index (κ3) is 7.52. The number of esters is 1. The van der Waals surface area contributed by atoms with Crippen molar-refractivity contribution in [1.29, 1.82) is 0 Å². The summed E-state index contributed by atoms with van der Waals surface area (Å²) in [6.45, 7) is 5.40. The molecule has 42 heavy (non-hydrogen) atoms. The topological polar surface area (TPSA) is 123 Å². The fraction of sp³-hybridized carbons (Fsp3) is 0.188. The summed E-state index contributed by atoms with van der Waals surface area (Å²) in [4.78, 5) is 12.8. The molecule has 8 nitrogen and oxygen atoms in total. The molecule has 0 saturated heterocycles. The molecule has 0 unspecified atom stereocenters. The minimum absolute atomic E-state index is 0.125. The molecule has 0 amide bonds.